The van der Waals surface area contributed by atoms with Crippen molar-refractivity contribution in [1.29, 1.82) is 0 Å². The molecule has 18 heavy (non-hydrogen) atoms. The maximum atomic E-state index is 10.8. The monoisotopic (exact) mass is 261 g/mol. The second-order valence-electron chi connectivity index (χ2n) is 4.13. The predicted molar refractivity (Wildman–Crippen MR) is 66.5 cm³/mol. The first kappa shape index (κ1) is 11.1. The molecule has 0 radical (unpaired) electrons. The van der Waals surface area contributed by atoms with Gasteiger partial charge in [0.2, 0.25) is 0 Å². The van der Waals surface area contributed by atoms with Crippen molar-refractivity contribution < 1.29 is 4.92 Å². The Balaban J connectivity index is 2.23. The lowest BCUT2D eigenvalue weighted by molar-refractivity contribution is -0.384. The standard InChI is InChI=1S/C12H8ClN3O2/c13-12-6-10-9-5-8(16(17)18)3-1-7(9)2-4-11(10)14-15-12/h1,3,5-6H,2,4H2. The number of non-ortho nitro benzene ring substituents is 1. The number of benzene rings is 1. The maximum Gasteiger partial charge on any atom is 0.270 e. The molecule has 90 valence electrons. The molecule has 1 aromatic carbocycles. The maximum absolute atomic E-state index is 10.8. The largest absolute Gasteiger partial charge is 0.270 e. The van der Waals surface area contributed by atoms with E-state index < -0.39 is 4.92 Å². The van der Waals surface area contributed by atoms with Crippen molar-refractivity contribution in [2.45, 2.75) is 12.8 Å². The fraction of sp³-hybridized carbons (Fsp3) is 0.167. The minimum atomic E-state index is -0.398. The van der Waals surface area contributed by atoms with Crippen LogP contribution in [0.4, 0.5) is 5.69 Å². The number of halogens is 1. The number of aromatic nitrogens is 2. The van der Waals surface area contributed by atoms with E-state index in [2.05, 4.69) is 10.2 Å². The van der Waals surface area contributed by atoms with Crippen LogP contribution in [0.5, 0.6) is 0 Å². The topological polar surface area (TPSA) is 68.9 Å². The Morgan fingerprint density at radius 2 is 2.00 bits per heavy atom. The number of nitrogens with zero attached hydrogens (tertiary/aromatic N) is 3. The smallest absolute Gasteiger partial charge is 0.258 e. The van der Waals surface area contributed by atoms with E-state index in [0.29, 0.717) is 5.15 Å². The van der Waals surface area contributed by atoms with E-state index in [0.717, 1.165) is 35.2 Å². The van der Waals surface area contributed by atoms with Crippen LogP contribution in [0, 0.1) is 10.1 Å². The highest BCUT2D eigenvalue weighted by Gasteiger charge is 2.20. The normalized spacial score (nSPS) is 12.7. The molecule has 2 aromatic rings. The van der Waals surface area contributed by atoms with Crippen molar-refractivity contribution in [1.82, 2.24) is 10.2 Å². The molecule has 0 spiro atoms. The highest BCUT2D eigenvalue weighted by atomic mass is 35.5. The van der Waals surface area contributed by atoms with Gasteiger partial charge in [-0.1, -0.05) is 17.7 Å². The Kier molecular flexibility index (Phi) is 2.48. The molecule has 1 aromatic heterocycles. The van der Waals surface area contributed by atoms with E-state index in [9.17, 15) is 10.1 Å². The number of rotatable bonds is 1. The van der Waals surface area contributed by atoms with Crippen LogP contribution >= 0.6 is 11.6 Å². The molecule has 1 heterocycles. The summed E-state index contributed by atoms with van der Waals surface area (Å²) in [5.41, 5.74) is 3.68. The van der Waals surface area contributed by atoms with Crippen LogP contribution < -0.4 is 0 Å². The zero-order chi connectivity index (χ0) is 12.7. The molecule has 0 fully saturated rings. The number of aryl methyl sites for hydroxylation is 2. The van der Waals surface area contributed by atoms with Gasteiger partial charge in [0.15, 0.2) is 5.15 Å². The van der Waals surface area contributed by atoms with Crippen molar-refractivity contribution in [3.63, 3.8) is 0 Å². The van der Waals surface area contributed by atoms with Crippen molar-refractivity contribution in [2.24, 2.45) is 0 Å². The van der Waals surface area contributed by atoms with Crippen molar-refractivity contribution >= 4 is 17.3 Å². The number of nitro benzene ring substituents is 1. The molecule has 0 aliphatic heterocycles. The average Bonchev–Trinajstić information content (AvgIpc) is 2.37. The minimum absolute atomic E-state index is 0.0783. The summed E-state index contributed by atoms with van der Waals surface area (Å²) in [6, 6.07) is 6.61. The van der Waals surface area contributed by atoms with Crippen molar-refractivity contribution in [2.75, 3.05) is 0 Å². The SMILES string of the molecule is O=[N+]([O-])c1ccc2c(c1)-c1cc(Cl)nnc1CC2. The summed E-state index contributed by atoms with van der Waals surface area (Å²) in [6.45, 7) is 0. The summed E-state index contributed by atoms with van der Waals surface area (Å²) in [4.78, 5) is 10.4. The Labute approximate surface area is 108 Å². The zero-order valence-electron chi connectivity index (χ0n) is 9.26. The van der Waals surface area contributed by atoms with Gasteiger partial charge in [0.1, 0.15) is 0 Å². The Hall–Kier alpha value is -2.01. The van der Waals surface area contributed by atoms with Crippen LogP contribution in [0.25, 0.3) is 11.1 Å². The van der Waals surface area contributed by atoms with Gasteiger partial charge in [0.25, 0.3) is 5.69 Å². The van der Waals surface area contributed by atoms with Gasteiger partial charge in [-0.25, -0.2) is 0 Å². The Morgan fingerprint density at radius 3 is 2.78 bits per heavy atom. The average molecular weight is 262 g/mol. The zero-order valence-corrected chi connectivity index (χ0v) is 10.0. The summed E-state index contributed by atoms with van der Waals surface area (Å²) < 4.78 is 0. The Morgan fingerprint density at radius 1 is 1.17 bits per heavy atom. The van der Waals surface area contributed by atoms with Gasteiger partial charge in [-0.3, -0.25) is 10.1 Å². The second-order valence-corrected chi connectivity index (χ2v) is 4.51. The van der Waals surface area contributed by atoms with Gasteiger partial charge in [-0.2, -0.15) is 5.10 Å². The lowest BCUT2D eigenvalue weighted by atomic mass is 9.89. The predicted octanol–water partition coefficient (Wildman–Crippen LogP) is 2.80. The number of hydrogen-bond donors (Lipinski definition) is 0. The molecular formula is C12H8ClN3O2. The number of nitro groups is 1. The van der Waals surface area contributed by atoms with Crippen LogP contribution in [-0.2, 0) is 12.8 Å². The van der Waals surface area contributed by atoms with Crippen LogP contribution in [0.1, 0.15) is 11.3 Å². The molecule has 0 saturated heterocycles. The van der Waals surface area contributed by atoms with Crippen LogP contribution in [-0.4, -0.2) is 15.1 Å². The van der Waals surface area contributed by atoms with Gasteiger partial charge in [-0.05, 0) is 30.0 Å². The fourth-order valence-corrected chi connectivity index (χ4v) is 2.36. The first-order valence-corrected chi connectivity index (χ1v) is 5.83. The molecule has 1 aliphatic carbocycles. The first-order chi connectivity index (χ1) is 8.65. The molecule has 5 nitrogen and oxygen atoms in total. The van der Waals surface area contributed by atoms with Gasteiger partial charge < -0.3 is 0 Å². The molecule has 0 atom stereocenters. The van der Waals surface area contributed by atoms with Crippen LogP contribution in [0.15, 0.2) is 24.3 Å². The van der Waals surface area contributed by atoms with Crippen molar-refractivity contribution in [3.05, 3.63) is 50.8 Å². The molecule has 0 unspecified atom stereocenters. The molecule has 0 N–H and O–H groups in total. The molecule has 0 bridgehead atoms. The highest BCUT2D eigenvalue weighted by Crippen LogP contribution is 2.35. The van der Waals surface area contributed by atoms with Gasteiger partial charge in [0, 0.05) is 17.7 Å². The molecule has 3 rings (SSSR count). The van der Waals surface area contributed by atoms with Crippen LogP contribution in [0.2, 0.25) is 5.15 Å². The lowest BCUT2D eigenvalue weighted by Gasteiger charge is -2.17. The second kappa shape index (κ2) is 4.03. The molecule has 0 amide bonds. The lowest BCUT2D eigenvalue weighted by Crippen LogP contribution is -2.07. The van der Waals surface area contributed by atoms with E-state index >= 15 is 0 Å². The highest BCUT2D eigenvalue weighted by molar-refractivity contribution is 6.29. The van der Waals surface area contributed by atoms with E-state index in [1.165, 1.54) is 6.07 Å². The Bertz CT molecular complexity index is 658. The fourth-order valence-electron chi connectivity index (χ4n) is 2.21. The molecule has 6 heteroatoms. The van der Waals surface area contributed by atoms with E-state index in [4.69, 9.17) is 11.6 Å². The third kappa shape index (κ3) is 1.73. The summed E-state index contributed by atoms with van der Waals surface area (Å²) in [5.74, 6) is 0. The van der Waals surface area contributed by atoms with E-state index in [1.54, 1.807) is 18.2 Å². The summed E-state index contributed by atoms with van der Waals surface area (Å²) in [5, 5.41) is 19.0. The van der Waals surface area contributed by atoms with Gasteiger partial charge >= 0.3 is 0 Å². The van der Waals surface area contributed by atoms with E-state index in [1.807, 2.05) is 0 Å². The van der Waals surface area contributed by atoms with Crippen LogP contribution in [0.3, 0.4) is 0 Å². The summed E-state index contributed by atoms with van der Waals surface area (Å²) >= 11 is 5.84. The third-order valence-corrected chi connectivity index (χ3v) is 3.25. The number of fused-ring (bicyclic) bond motifs is 3. The van der Waals surface area contributed by atoms with E-state index in [-0.39, 0.29) is 5.69 Å². The summed E-state index contributed by atoms with van der Waals surface area (Å²) in [7, 11) is 0. The van der Waals surface area contributed by atoms with Gasteiger partial charge in [0.05, 0.1) is 10.6 Å². The number of hydrogen-bond acceptors (Lipinski definition) is 4. The van der Waals surface area contributed by atoms with Crippen molar-refractivity contribution in [3.8, 4) is 11.1 Å². The summed E-state index contributed by atoms with van der Waals surface area (Å²) in [6.07, 6.45) is 1.60. The first-order valence-electron chi connectivity index (χ1n) is 5.45. The minimum Gasteiger partial charge on any atom is -0.258 e. The quantitative estimate of drug-likeness (QED) is 0.585. The molecule has 1 aliphatic rings. The third-order valence-electron chi connectivity index (χ3n) is 3.07. The molecular weight excluding hydrogens is 254 g/mol. The van der Waals surface area contributed by atoms with Gasteiger partial charge in [-0.15, -0.1) is 5.10 Å². The molecule has 0 saturated carbocycles.